The molecule has 0 aliphatic heterocycles. The van der Waals surface area contributed by atoms with Gasteiger partial charge in [-0.3, -0.25) is 0 Å². The van der Waals surface area contributed by atoms with Crippen molar-refractivity contribution in [2.45, 2.75) is 45.6 Å². The predicted molar refractivity (Wildman–Crippen MR) is 60.6 cm³/mol. The standard InChI is InChI=1S/C10H19N3S/c1-3-5-9(11-6-4-2)7-10-13-12-8-14-10/h8-9,11H,3-7H2,1-2H3. The number of hydrogen-bond donors (Lipinski definition) is 1. The maximum absolute atomic E-state index is 4.07. The van der Waals surface area contributed by atoms with Gasteiger partial charge in [0.25, 0.3) is 0 Å². The third-order valence-electron chi connectivity index (χ3n) is 2.15. The van der Waals surface area contributed by atoms with Crippen molar-refractivity contribution >= 4 is 11.3 Å². The Morgan fingerprint density at radius 2 is 2.29 bits per heavy atom. The van der Waals surface area contributed by atoms with Gasteiger partial charge >= 0.3 is 0 Å². The molecule has 1 atom stereocenters. The highest BCUT2D eigenvalue weighted by Crippen LogP contribution is 2.08. The molecule has 0 aliphatic rings. The normalized spacial score (nSPS) is 13.0. The maximum atomic E-state index is 4.07. The van der Waals surface area contributed by atoms with Crippen molar-refractivity contribution in [3.05, 3.63) is 10.5 Å². The van der Waals surface area contributed by atoms with Crippen molar-refractivity contribution in [2.24, 2.45) is 0 Å². The van der Waals surface area contributed by atoms with Gasteiger partial charge in [-0.1, -0.05) is 20.3 Å². The molecule has 80 valence electrons. The molecule has 4 heteroatoms. The molecule has 3 nitrogen and oxygen atoms in total. The van der Waals surface area contributed by atoms with Crippen LogP contribution in [0.3, 0.4) is 0 Å². The molecule has 1 aromatic heterocycles. The Labute approximate surface area is 89.9 Å². The van der Waals surface area contributed by atoms with Gasteiger partial charge in [0.05, 0.1) is 0 Å². The van der Waals surface area contributed by atoms with Crippen molar-refractivity contribution < 1.29 is 0 Å². The van der Waals surface area contributed by atoms with Gasteiger partial charge in [-0.2, -0.15) is 0 Å². The summed E-state index contributed by atoms with van der Waals surface area (Å²) in [6.07, 6.45) is 4.66. The molecular formula is C10H19N3S. The third kappa shape index (κ3) is 4.15. The molecule has 0 aliphatic carbocycles. The van der Waals surface area contributed by atoms with Crippen LogP contribution in [0.1, 0.15) is 38.1 Å². The van der Waals surface area contributed by atoms with Crippen molar-refractivity contribution in [1.29, 1.82) is 0 Å². The highest BCUT2D eigenvalue weighted by molar-refractivity contribution is 7.09. The van der Waals surface area contributed by atoms with E-state index in [2.05, 4.69) is 29.4 Å². The van der Waals surface area contributed by atoms with Crippen molar-refractivity contribution in [3.8, 4) is 0 Å². The summed E-state index contributed by atoms with van der Waals surface area (Å²) in [5, 5.41) is 12.6. The van der Waals surface area contributed by atoms with E-state index in [0.717, 1.165) is 18.0 Å². The average Bonchev–Trinajstić information content (AvgIpc) is 2.67. The first-order valence-electron chi connectivity index (χ1n) is 5.35. The second-order valence-electron chi connectivity index (χ2n) is 3.48. The fourth-order valence-corrected chi connectivity index (χ4v) is 2.08. The molecule has 1 rings (SSSR count). The van der Waals surface area contributed by atoms with E-state index >= 15 is 0 Å². The molecule has 1 aromatic rings. The summed E-state index contributed by atoms with van der Waals surface area (Å²) in [6, 6.07) is 0.577. The molecule has 1 N–H and O–H groups in total. The van der Waals surface area contributed by atoms with Gasteiger partial charge in [-0.15, -0.1) is 21.5 Å². The quantitative estimate of drug-likeness (QED) is 0.755. The molecule has 0 saturated heterocycles. The Kier molecular flexibility index (Phi) is 5.71. The molecule has 1 unspecified atom stereocenters. The monoisotopic (exact) mass is 213 g/mol. The van der Waals surface area contributed by atoms with Gasteiger partial charge in [0.1, 0.15) is 10.5 Å². The SMILES string of the molecule is CCCNC(CCC)Cc1nncs1. The van der Waals surface area contributed by atoms with Crippen LogP contribution in [0.15, 0.2) is 5.51 Å². The summed E-state index contributed by atoms with van der Waals surface area (Å²) in [4.78, 5) is 0. The fourth-order valence-electron chi connectivity index (χ4n) is 1.47. The number of hydrogen-bond acceptors (Lipinski definition) is 4. The highest BCUT2D eigenvalue weighted by atomic mass is 32.1. The topological polar surface area (TPSA) is 37.8 Å². The van der Waals surface area contributed by atoms with Gasteiger partial charge in [-0.05, 0) is 19.4 Å². The molecular weight excluding hydrogens is 194 g/mol. The molecule has 1 heterocycles. The van der Waals surface area contributed by atoms with Gasteiger partial charge in [0.15, 0.2) is 0 Å². The van der Waals surface area contributed by atoms with Crippen LogP contribution in [-0.2, 0) is 6.42 Å². The minimum Gasteiger partial charge on any atom is -0.314 e. The Hall–Kier alpha value is -0.480. The molecule has 0 radical (unpaired) electrons. The minimum atomic E-state index is 0.577. The van der Waals surface area contributed by atoms with E-state index in [4.69, 9.17) is 0 Å². The lowest BCUT2D eigenvalue weighted by atomic mass is 10.1. The lowest BCUT2D eigenvalue weighted by Crippen LogP contribution is -2.31. The van der Waals surface area contributed by atoms with Crippen LogP contribution in [0.25, 0.3) is 0 Å². The van der Waals surface area contributed by atoms with E-state index in [1.807, 2.05) is 0 Å². The smallest absolute Gasteiger partial charge is 0.118 e. The predicted octanol–water partition coefficient (Wildman–Crippen LogP) is 2.25. The van der Waals surface area contributed by atoms with Gasteiger partial charge in [0, 0.05) is 12.5 Å². The average molecular weight is 213 g/mol. The largest absolute Gasteiger partial charge is 0.314 e. The lowest BCUT2D eigenvalue weighted by Gasteiger charge is -2.15. The third-order valence-corrected chi connectivity index (χ3v) is 2.87. The Morgan fingerprint density at radius 1 is 1.43 bits per heavy atom. The Morgan fingerprint density at radius 3 is 2.86 bits per heavy atom. The summed E-state index contributed by atoms with van der Waals surface area (Å²) in [5.74, 6) is 0. The first-order valence-corrected chi connectivity index (χ1v) is 6.23. The van der Waals surface area contributed by atoms with Crippen molar-refractivity contribution in [2.75, 3.05) is 6.54 Å². The lowest BCUT2D eigenvalue weighted by molar-refractivity contribution is 0.471. The van der Waals surface area contributed by atoms with E-state index in [9.17, 15) is 0 Å². The van der Waals surface area contributed by atoms with Crippen molar-refractivity contribution in [1.82, 2.24) is 15.5 Å². The summed E-state index contributed by atoms with van der Waals surface area (Å²) in [6.45, 7) is 5.52. The number of rotatable bonds is 7. The maximum Gasteiger partial charge on any atom is 0.118 e. The summed E-state index contributed by atoms with van der Waals surface area (Å²) in [5.41, 5.74) is 1.80. The van der Waals surface area contributed by atoms with Gasteiger partial charge in [-0.25, -0.2) is 0 Å². The van der Waals surface area contributed by atoms with Crippen LogP contribution in [0.4, 0.5) is 0 Å². The molecule has 0 spiro atoms. The number of nitrogens with zero attached hydrogens (tertiary/aromatic N) is 2. The Balaban J connectivity index is 2.34. The summed E-state index contributed by atoms with van der Waals surface area (Å²) >= 11 is 1.65. The van der Waals surface area contributed by atoms with Crippen LogP contribution in [0, 0.1) is 0 Å². The minimum absolute atomic E-state index is 0.577. The zero-order valence-corrected chi connectivity index (χ0v) is 9.81. The van der Waals surface area contributed by atoms with E-state index in [0.29, 0.717) is 6.04 Å². The molecule has 0 aromatic carbocycles. The van der Waals surface area contributed by atoms with E-state index < -0.39 is 0 Å². The zero-order valence-electron chi connectivity index (χ0n) is 8.99. The number of aromatic nitrogens is 2. The van der Waals surface area contributed by atoms with Gasteiger partial charge in [0.2, 0.25) is 0 Å². The first-order chi connectivity index (χ1) is 6.86. The highest BCUT2D eigenvalue weighted by Gasteiger charge is 2.09. The second kappa shape index (κ2) is 6.90. The van der Waals surface area contributed by atoms with Crippen LogP contribution < -0.4 is 5.32 Å². The van der Waals surface area contributed by atoms with Crippen molar-refractivity contribution in [3.63, 3.8) is 0 Å². The van der Waals surface area contributed by atoms with E-state index in [1.54, 1.807) is 16.8 Å². The van der Waals surface area contributed by atoms with Crippen LogP contribution in [0.5, 0.6) is 0 Å². The first kappa shape index (κ1) is 11.6. The molecule has 0 bridgehead atoms. The molecule has 0 amide bonds. The van der Waals surface area contributed by atoms with Crippen LogP contribution in [0.2, 0.25) is 0 Å². The van der Waals surface area contributed by atoms with Crippen LogP contribution in [-0.4, -0.2) is 22.8 Å². The summed E-state index contributed by atoms with van der Waals surface area (Å²) < 4.78 is 0. The van der Waals surface area contributed by atoms with Gasteiger partial charge < -0.3 is 5.32 Å². The Bertz CT molecular complexity index is 223. The molecule has 14 heavy (non-hydrogen) atoms. The summed E-state index contributed by atoms with van der Waals surface area (Å²) in [7, 11) is 0. The molecule has 0 saturated carbocycles. The second-order valence-corrected chi connectivity index (χ2v) is 4.39. The van der Waals surface area contributed by atoms with Crippen LogP contribution >= 0.6 is 11.3 Å². The van der Waals surface area contributed by atoms with E-state index in [1.165, 1.54) is 19.3 Å². The molecule has 0 fully saturated rings. The fraction of sp³-hybridized carbons (Fsp3) is 0.800. The zero-order chi connectivity index (χ0) is 10.2. The number of nitrogens with one attached hydrogen (secondary N) is 1. The van der Waals surface area contributed by atoms with E-state index in [-0.39, 0.29) is 0 Å².